The Kier molecular flexibility index (Phi) is 2.18. The number of nitrogens with zero attached hydrogens (tertiary/aromatic N) is 2. The summed E-state index contributed by atoms with van der Waals surface area (Å²) in [5.74, 6) is -0.199. The van der Waals surface area contributed by atoms with E-state index in [0.29, 0.717) is 6.42 Å². The molecule has 1 saturated carbocycles. The number of aromatic amines is 1. The van der Waals surface area contributed by atoms with Gasteiger partial charge in [-0.05, 0) is 18.6 Å². The Balaban J connectivity index is 1.83. The lowest BCUT2D eigenvalue weighted by atomic mass is 10.2. The third-order valence-corrected chi connectivity index (χ3v) is 3.05. The van der Waals surface area contributed by atoms with E-state index in [1.165, 1.54) is 0 Å². The third-order valence-electron chi connectivity index (χ3n) is 3.05. The molecule has 2 N–H and O–H groups in total. The maximum absolute atomic E-state index is 10.8. The first-order chi connectivity index (χ1) is 8.25. The minimum atomic E-state index is -0.739. The van der Waals surface area contributed by atoms with Crippen molar-refractivity contribution >= 4 is 5.97 Å². The second-order valence-electron chi connectivity index (χ2n) is 4.20. The number of carboxylic acid groups (broad SMARTS) is 1. The molecule has 1 fully saturated rings. The molecule has 0 saturated heterocycles. The van der Waals surface area contributed by atoms with E-state index >= 15 is 0 Å². The molecule has 0 radical (unpaired) electrons. The molecule has 2 atom stereocenters. The summed E-state index contributed by atoms with van der Waals surface area (Å²) in [4.78, 5) is 22.1. The van der Waals surface area contributed by atoms with Gasteiger partial charge in [0.2, 0.25) is 0 Å². The average Bonchev–Trinajstić information content (AvgIpc) is 3.01. The van der Waals surface area contributed by atoms with Crippen LogP contribution >= 0.6 is 0 Å². The molecular formula is C12H11N3O2. The Morgan fingerprint density at radius 2 is 2.18 bits per heavy atom. The summed E-state index contributed by atoms with van der Waals surface area (Å²) in [5, 5.41) is 8.86. The first-order valence-corrected chi connectivity index (χ1v) is 5.44. The number of hydrogen-bond donors (Lipinski definition) is 2. The van der Waals surface area contributed by atoms with Crippen LogP contribution in [0.3, 0.4) is 0 Å². The number of aromatic nitrogens is 3. The van der Waals surface area contributed by atoms with Gasteiger partial charge in [-0.2, -0.15) is 0 Å². The largest absolute Gasteiger partial charge is 0.481 e. The summed E-state index contributed by atoms with van der Waals surface area (Å²) >= 11 is 0. The number of carboxylic acids is 1. The van der Waals surface area contributed by atoms with Gasteiger partial charge >= 0.3 is 5.97 Å². The second-order valence-corrected chi connectivity index (χ2v) is 4.20. The molecule has 0 bridgehead atoms. The molecule has 1 aliphatic carbocycles. The maximum Gasteiger partial charge on any atom is 0.307 e. The van der Waals surface area contributed by atoms with Crippen molar-refractivity contribution in [2.24, 2.45) is 5.92 Å². The highest BCUT2D eigenvalue weighted by molar-refractivity contribution is 5.75. The summed E-state index contributed by atoms with van der Waals surface area (Å²) in [6.07, 6.45) is 5.85. The van der Waals surface area contributed by atoms with Gasteiger partial charge in [-0.3, -0.25) is 9.78 Å². The van der Waals surface area contributed by atoms with Gasteiger partial charge in [-0.25, -0.2) is 4.98 Å². The number of nitrogens with one attached hydrogen (secondary N) is 1. The first kappa shape index (κ1) is 10.0. The van der Waals surface area contributed by atoms with Crippen molar-refractivity contribution in [2.45, 2.75) is 12.3 Å². The zero-order valence-electron chi connectivity index (χ0n) is 9.00. The molecule has 2 unspecified atom stereocenters. The van der Waals surface area contributed by atoms with Gasteiger partial charge in [0.25, 0.3) is 0 Å². The maximum atomic E-state index is 10.8. The van der Waals surface area contributed by atoms with Crippen molar-refractivity contribution in [3.63, 3.8) is 0 Å². The Labute approximate surface area is 97.5 Å². The fraction of sp³-hybridized carbons (Fsp3) is 0.250. The van der Waals surface area contributed by atoms with Gasteiger partial charge in [-0.15, -0.1) is 0 Å². The number of pyridine rings is 1. The van der Waals surface area contributed by atoms with Gasteiger partial charge in [0, 0.05) is 23.9 Å². The van der Waals surface area contributed by atoms with Gasteiger partial charge in [0.1, 0.15) is 5.82 Å². The quantitative estimate of drug-likeness (QED) is 0.838. The van der Waals surface area contributed by atoms with Crippen molar-refractivity contribution in [2.75, 3.05) is 0 Å². The summed E-state index contributed by atoms with van der Waals surface area (Å²) < 4.78 is 0. The zero-order valence-corrected chi connectivity index (χ0v) is 9.00. The molecule has 2 heterocycles. The third kappa shape index (κ3) is 1.80. The highest BCUT2D eigenvalue weighted by atomic mass is 16.4. The number of aliphatic carboxylic acids is 1. The smallest absolute Gasteiger partial charge is 0.307 e. The van der Waals surface area contributed by atoms with Crippen molar-refractivity contribution < 1.29 is 9.90 Å². The minimum Gasteiger partial charge on any atom is -0.481 e. The summed E-state index contributed by atoms with van der Waals surface area (Å²) in [6, 6.07) is 3.78. The Morgan fingerprint density at radius 3 is 2.82 bits per heavy atom. The standard InChI is InChI=1S/C12H11N3O2/c16-12(17)9-5-8(9)11-14-6-10(15-11)7-1-3-13-4-2-7/h1-4,6,8-9H,5H2,(H,14,15)(H,16,17). The van der Waals surface area contributed by atoms with Crippen LogP contribution in [0.4, 0.5) is 0 Å². The SMILES string of the molecule is O=C(O)C1CC1c1ncc(-c2ccncc2)[nH]1. The fourth-order valence-electron chi connectivity index (χ4n) is 1.97. The molecule has 2 aromatic rings. The van der Waals surface area contributed by atoms with E-state index in [4.69, 9.17) is 5.11 Å². The molecule has 0 amide bonds. The van der Waals surface area contributed by atoms with Crippen LogP contribution in [0.15, 0.2) is 30.7 Å². The number of imidazole rings is 1. The van der Waals surface area contributed by atoms with Crippen LogP contribution in [-0.2, 0) is 4.79 Å². The molecule has 86 valence electrons. The topological polar surface area (TPSA) is 78.9 Å². The molecule has 5 heteroatoms. The molecule has 5 nitrogen and oxygen atoms in total. The van der Waals surface area contributed by atoms with E-state index in [0.717, 1.165) is 17.1 Å². The lowest BCUT2D eigenvalue weighted by molar-refractivity contribution is -0.138. The molecule has 0 spiro atoms. The van der Waals surface area contributed by atoms with Crippen LogP contribution in [0.1, 0.15) is 18.2 Å². The average molecular weight is 229 g/mol. The number of carbonyl (C=O) groups is 1. The molecule has 0 aliphatic heterocycles. The minimum absolute atomic E-state index is 0.0445. The molecule has 3 rings (SSSR count). The van der Waals surface area contributed by atoms with Crippen LogP contribution in [0.25, 0.3) is 11.3 Å². The van der Waals surface area contributed by atoms with E-state index in [2.05, 4.69) is 15.0 Å². The Bertz CT molecular complexity index is 550. The zero-order chi connectivity index (χ0) is 11.8. The molecule has 2 aromatic heterocycles. The van der Waals surface area contributed by atoms with Crippen molar-refractivity contribution in [1.82, 2.24) is 15.0 Å². The number of H-pyrrole nitrogens is 1. The highest BCUT2D eigenvalue weighted by Crippen LogP contribution is 2.46. The summed E-state index contributed by atoms with van der Waals surface area (Å²) in [5.41, 5.74) is 1.91. The van der Waals surface area contributed by atoms with E-state index in [1.54, 1.807) is 18.6 Å². The van der Waals surface area contributed by atoms with E-state index < -0.39 is 5.97 Å². The van der Waals surface area contributed by atoms with Crippen molar-refractivity contribution in [1.29, 1.82) is 0 Å². The van der Waals surface area contributed by atoms with E-state index in [1.807, 2.05) is 12.1 Å². The van der Waals surface area contributed by atoms with Crippen LogP contribution in [0.5, 0.6) is 0 Å². The first-order valence-electron chi connectivity index (χ1n) is 5.44. The van der Waals surface area contributed by atoms with Gasteiger partial charge in [0.15, 0.2) is 0 Å². The van der Waals surface area contributed by atoms with Crippen molar-refractivity contribution in [3.05, 3.63) is 36.5 Å². The summed E-state index contributed by atoms with van der Waals surface area (Å²) in [7, 11) is 0. The molecule has 0 aromatic carbocycles. The fourth-order valence-corrected chi connectivity index (χ4v) is 1.97. The van der Waals surface area contributed by atoms with Crippen LogP contribution < -0.4 is 0 Å². The number of rotatable bonds is 3. The van der Waals surface area contributed by atoms with Gasteiger partial charge in [0.05, 0.1) is 17.8 Å². The Hall–Kier alpha value is -2.17. The normalized spacial score (nSPS) is 22.4. The number of hydrogen-bond acceptors (Lipinski definition) is 3. The predicted octanol–water partition coefficient (Wildman–Crippen LogP) is 1.66. The predicted molar refractivity (Wildman–Crippen MR) is 60.3 cm³/mol. The van der Waals surface area contributed by atoms with Gasteiger partial charge in [-0.1, -0.05) is 0 Å². The second kappa shape index (κ2) is 3.69. The van der Waals surface area contributed by atoms with Crippen LogP contribution in [-0.4, -0.2) is 26.0 Å². The van der Waals surface area contributed by atoms with Crippen LogP contribution in [0.2, 0.25) is 0 Å². The highest BCUT2D eigenvalue weighted by Gasteiger charge is 2.46. The van der Waals surface area contributed by atoms with Crippen molar-refractivity contribution in [3.8, 4) is 11.3 Å². The molecular weight excluding hydrogens is 218 g/mol. The molecule has 17 heavy (non-hydrogen) atoms. The van der Waals surface area contributed by atoms with E-state index in [-0.39, 0.29) is 11.8 Å². The molecule has 1 aliphatic rings. The summed E-state index contributed by atoms with van der Waals surface area (Å²) in [6.45, 7) is 0. The van der Waals surface area contributed by atoms with Crippen LogP contribution in [0, 0.1) is 5.92 Å². The lowest BCUT2D eigenvalue weighted by Crippen LogP contribution is -1.99. The Morgan fingerprint density at radius 1 is 1.41 bits per heavy atom. The monoisotopic (exact) mass is 229 g/mol. The van der Waals surface area contributed by atoms with Gasteiger partial charge < -0.3 is 10.1 Å². The lowest BCUT2D eigenvalue weighted by Gasteiger charge is -1.95. The van der Waals surface area contributed by atoms with E-state index in [9.17, 15) is 4.79 Å².